The number of nitrogens with zero attached hydrogens (tertiary/aromatic N) is 3. The molecule has 0 saturated heterocycles. The van der Waals surface area contributed by atoms with E-state index in [0.717, 1.165) is 11.1 Å². The quantitative estimate of drug-likeness (QED) is 0.478. The molecule has 0 saturated carbocycles. The molecule has 0 radical (unpaired) electrons. The van der Waals surface area contributed by atoms with Crippen LogP contribution in [0.2, 0.25) is 0 Å². The molecule has 1 atom stereocenters. The summed E-state index contributed by atoms with van der Waals surface area (Å²) in [4.78, 5) is 4.40. The van der Waals surface area contributed by atoms with Gasteiger partial charge in [-0.15, -0.1) is 12.4 Å². The minimum atomic E-state index is -0.181. The lowest BCUT2D eigenvalue weighted by molar-refractivity contribution is 0.227. The number of halogens is 1. The number of nitrogens with two attached hydrogens (primary N) is 1. The lowest BCUT2D eigenvalue weighted by atomic mass is 10.1. The number of ether oxygens (including phenoxy) is 1. The van der Waals surface area contributed by atoms with Crippen LogP contribution in [0.1, 0.15) is 35.3 Å². The first-order valence-electron chi connectivity index (χ1n) is 8.70. The number of rotatable bonds is 5. The zero-order chi connectivity index (χ0) is 19.9. The number of nitriles is 2. The molecule has 2 N–H and O–H groups in total. The van der Waals surface area contributed by atoms with Crippen molar-refractivity contribution in [3.63, 3.8) is 0 Å². The summed E-state index contributed by atoms with van der Waals surface area (Å²) in [7, 11) is 0. The molecule has 0 spiro atoms. The summed E-state index contributed by atoms with van der Waals surface area (Å²) in [6, 6.07) is 25.8. The van der Waals surface area contributed by atoms with Crippen molar-refractivity contribution < 1.29 is 4.74 Å². The van der Waals surface area contributed by atoms with E-state index >= 15 is 0 Å². The molecule has 0 bridgehead atoms. The smallest absolute Gasteiger partial charge is 0.131 e. The fourth-order valence-corrected chi connectivity index (χ4v) is 2.64. The van der Waals surface area contributed by atoms with Gasteiger partial charge in [0, 0.05) is 5.56 Å². The second-order valence-electron chi connectivity index (χ2n) is 6.18. The molecular formula is C23H19ClN4O. The zero-order valence-corrected chi connectivity index (χ0v) is 16.6. The zero-order valence-electron chi connectivity index (χ0n) is 15.7. The Morgan fingerprint density at radius 1 is 0.931 bits per heavy atom. The Kier molecular flexibility index (Phi) is 7.37. The predicted octanol–water partition coefficient (Wildman–Crippen LogP) is 5.03. The standard InChI is InChI=1S/C23H18N4O.ClH/c1-16(19-9-5-17(14-24)6-10-19)28-22-4-2-3-20(13-22)23(26)27-21-11-7-18(15-25)8-12-21;/h2-13,16H,1H3,(H2,26,27);1H. The van der Waals surface area contributed by atoms with Crippen LogP contribution in [-0.4, -0.2) is 5.84 Å². The summed E-state index contributed by atoms with van der Waals surface area (Å²) in [6.07, 6.45) is -0.181. The van der Waals surface area contributed by atoms with Crippen LogP contribution in [0.4, 0.5) is 5.69 Å². The molecule has 0 aliphatic carbocycles. The fourth-order valence-electron chi connectivity index (χ4n) is 2.64. The molecule has 3 aromatic carbocycles. The number of benzene rings is 3. The van der Waals surface area contributed by atoms with Crippen LogP contribution in [0.15, 0.2) is 77.8 Å². The summed E-state index contributed by atoms with van der Waals surface area (Å²) < 4.78 is 6.02. The second-order valence-corrected chi connectivity index (χ2v) is 6.18. The average Bonchev–Trinajstić information content (AvgIpc) is 2.74. The molecule has 0 aromatic heterocycles. The summed E-state index contributed by atoms with van der Waals surface area (Å²) in [6.45, 7) is 1.95. The normalized spacial score (nSPS) is 11.5. The Morgan fingerprint density at radius 2 is 1.52 bits per heavy atom. The Balaban J connectivity index is 0.00000300. The van der Waals surface area contributed by atoms with E-state index in [0.29, 0.717) is 28.4 Å². The number of hydrogen-bond acceptors (Lipinski definition) is 4. The van der Waals surface area contributed by atoms with Crippen molar-refractivity contribution in [3.05, 3.63) is 95.1 Å². The molecule has 0 fully saturated rings. The van der Waals surface area contributed by atoms with Crippen LogP contribution in [0.25, 0.3) is 0 Å². The van der Waals surface area contributed by atoms with Crippen LogP contribution in [0.5, 0.6) is 5.75 Å². The van der Waals surface area contributed by atoms with Crippen molar-refractivity contribution in [2.45, 2.75) is 13.0 Å². The highest BCUT2D eigenvalue weighted by atomic mass is 35.5. The molecular weight excluding hydrogens is 384 g/mol. The molecule has 1 unspecified atom stereocenters. The van der Waals surface area contributed by atoms with E-state index in [1.165, 1.54) is 0 Å². The van der Waals surface area contributed by atoms with Gasteiger partial charge in [-0.05, 0) is 61.0 Å². The molecule has 5 nitrogen and oxygen atoms in total. The van der Waals surface area contributed by atoms with Crippen LogP contribution in [0.3, 0.4) is 0 Å². The molecule has 0 aliphatic heterocycles. The Hall–Kier alpha value is -3.80. The maximum Gasteiger partial charge on any atom is 0.131 e. The van der Waals surface area contributed by atoms with Crippen molar-refractivity contribution in [1.29, 1.82) is 10.5 Å². The van der Waals surface area contributed by atoms with E-state index in [4.69, 9.17) is 21.0 Å². The lowest BCUT2D eigenvalue weighted by Gasteiger charge is -2.16. The van der Waals surface area contributed by atoms with Gasteiger partial charge in [-0.2, -0.15) is 10.5 Å². The molecule has 3 rings (SSSR count). The largest absolute Gasteiger partial charge is 0.486 e. The van der Waals surface area contributed by atoms with Crippen molar-refractivity contribution in [3.8, 4) is 17.9 Å². The van der Waals surface area contributed by atoms with E-state index in [1.807, 2.05) is 43.3 Å². The first kappa shape index (κ1) is 21.5. The lowest BCUT2D eigenvalue weighted by Crippen LogP contribution is -2.13. The maximum atomic E-state index is 8.90. The summed E-state index contributed by atoms with van der Waals surface area (Å²) in [5.41, 5.74) is 9.72. The van der Waals surface area contributed by atoms with Gasteiger partial charge in [-0.1, -0.05) is 24.3 Å². The number of hydrogen-bond donors (Lipinski definition) is 1. The number of aliphatic imine (C=N–C) groups is 1. The molecule has 29 heavy (non-hydrogen) atoms. The van der Waals surface area contributed by atoms with Gasteiger partial charge in [0.1, 0.15) is 17.7 Å². The van der Waals surface area contributed by atoms with Crippen LogP contribution in [0, 0.1) is 22.7 Å². The van der Waals surface area contributed by atoms with Crippen molar-refractivity contribution in [2.24, 2.45) is 10.7 Å². The van der Waals surface area contributed by atoms with E-state index < -0.39 is 0 Å². The highest BCUT2D eigenvalue weighted by Gasteiger charge is 2.09. The minimum absolute atomic E-state index is 0. The molecule has 0 amide bonds. The Morgan fingerprint density at radius 3 is 2.10 bits per heavy atom. The third-order valence-corrected chi connectivity index (χ3v) is 4.20. The molecule has 0 heterocycles. The van der Waals surface area contributed by atoms with Crippen LogP contribution in [-0.2, 0) is 0 Å². The highest BCUT2D eigenvalue weighted by Crippen LogP contribution is 2.23. The highest BCUT2D eigenvalue weighted by molar-refractivity contribution is 5.99. The van der Waals surface area contributed by atoms with Gasteiger partial charge in [0.2, 0.25) is 0 Å². The topological polar surface area (TPSA) is 95.2 Å². The third kappa shape index (κ3) is 5.59. The average molecular weight is 403 g/mol. The van der Waals surface area contributed by atoms with Gasteiger partial charge < -0.3 is 10.5 Å². The third-order valence-electron chi connectivity index (χ3n) is 4.20. The predicted molar refractivity (Wildman–Crippen MR) is 115 cm³/mol. The fraction of sp³-hybridized carbons (Fsp3) is 0.0870. The van der Waals surface area contributed by atoms with Gasteiger partial charge in [0.25, 0.3) is 0 Å². The van der Waals surface area contributed by atoms with Gasteiger partial charge in [-0.3, -0.25) is 0 Å². The minimum Gasteiger partial charge on any atom is -0.486 e. The van der Waals surface area contributed by atoms with Gasteiger partial charge in [0.05, 0.1) is 29.0 Å². The van der Waals surface area contributed by atoms with Crippen LogP contribution < -0.4 is 10.5 Å². The van der Waals surface area contributed by atoms with Crippen molar-refractivity contribution in [1.82, 2.24) is 0 Å². The first-order chi connectivity index (χ1) is 13.6. The summed E-state index contributed by atoms with van der Waals surface area (Å²) in [5, 5.41) is 17.8. The SMILES string of the molecule is CC(Oc1cccc(C(N)=Nc2ccc(C#N)cc2)c1)c1ccc(C#N)cc1.Cl. The Bertz CT molecular complexity index is 1080. The molecule has 6 heteroatoms. The van der Waals surface area contributed by atoms with Gasteiger partial charge in [-0.25, -0.2) is 4.99 Å². The van der Waals surface area contributed by atoms with Crippen molar-refractivity contribution in [2.75, 3.05) is 0 Å². The monoisotopic (exact) mass is 402 g/mol. The summed E-state index contributed by atoms with van der Waals surface area (Å²) >= 11 is 0. The molecule has 144 valence electrons. The van der Waals surface area contributed by atoms with E-state index in [-0.39, 0.29) is 18.5 Å². The van der Waals surface area contributed by atoms with Crippen molar-refractivity contribution >= 4 is 23.9 Å². The summed E-state index contributed by atoms with van der Waals surface area (Å²) in [5.74, 6) is 1.04. The molecule has 3 aromatic rings. The Labute approximate surface area is 176 Å². The molecule has 0 aliphatic rings. The maximum absolute atomic E-state index is 8.90. The second kappa shape index (κ2) is 9.94. The van der Waals surface area contributed by atoms with Gasteiger partial charge in [0.15, 0.2) is 0 Å². The van der Waals surface area contributed by atoms with E-state index in [1.54, 1.807) is 36.4 Å². The van der Waals surface area contributed by atoms with E-state index in [9.17, 15) is 0 Å². The van der Waals surface area contributed by atoms with Crippen LogP contribution >= 0.6 is 12.4 Å². The number of amidine groups is 1. The van der Waals surface area contributed by atoms with E-state index in [2.05, 4.69) is 17.1 Å². The first-order valence-corrected chi connectivity index (χ1v) is 8.70. The van der Waals surface area contributed by atoms with Gasteiger partial charge >= 0.3 is 0 Å².